The molecule has 1 aromatic carbocycles. The third kappa shape index (κ3) is 3.34. The molecule has 2 saturated heterocycles. The molecule has 144 valence electrons. The van der Waals surface area contributed by atoms with Crippen molar-refractivity contribution in [3.63, 3.8) is 0 Å². The third-order valence-electron chi connectivity index (χ3n) is 6.30. The lowest BCUT2D eigenvalue weighted by molar-refractivity contribution is -0.199. The normalized spacial score (nSPS) is 36.3. The lowest BCUT2D eigenvalue weighted by atomic mass is 9.78. The number of aliphatic hydroxyl groups is 2. The molecule has 6 heteroatoms. The molecular formula is C20H31BO5. The zero-order chi connectivity index (χ0) is 19.3. The van der Waals surface area contributed by atoms with Crippen LogP contribution in [0.4, 0.5) is 0 Å². The van der Waals surface area contributed by atoms with Crippen molar-refractivity contribution in [2.24, 2.45) is 5.92 Å². The first-order chi connectivity index (χ1) is 12.1. The van der Waals surface area contributed by atoms with E-state index in [0.717, 1.165) is 17.4 Å². The molecule has 0 radical (unpaired) electrons. The summed E-state index contributed by atoms with van der Waals surface area (Å²) in [5, 5.41) is 20.8. The number of hydrogen-bond donors (Lipinski definition) is 2. The summed E-state index contributed by atoms with van der Waals surface area (Å²) in [6.45, 7) is 12.1. The van der Waals surface area contributed by atoms with Gasteiger partial charge in [0.15, 0.2) is 0 Å². The molecule has 0 unspecified atom stereocenters. The predicted octanol–water partition coefficient (Wildman–Crippen LogP) is 2.19. The Morgan fingerprint density at radius 3 is 2.00 bits per heavy atom. The van der Waals surface area contributed by atoms with E-state index in [1.807, 2.05) is 65.8 Å². The molecule has 0 bridgehead atoms. The molecule has 3 rings (SSSR count). The second kappa shape index (κ2) is 6.91. The van der Waals surface area contributed by atoms with Gasteiger partial charge in [-0.3, -0.25) is 0 Å². The van der Waals surface area contributed by atoms with Gasteiger partial charge in [-0.2, -0.15) is 0 Å². The van der Waals surface area contributed by atoms with Crippen LogP contribution in [-0.4, -0.2) is 46.8 Å². The highest BCUT2D eigenvalue weighted by Gasteiger charge is 2.51. The molecule has 0 aromatic heterocycles. The van der Waals surface area contributed by atoms with E-state index in [1.165, 1.54) is 0 Å². The van der Waals surface area contributed by atoms with Crippen molar-refractivity contribution in [3.8, 4) is 0 Å². The summed E-state index contributed by atoms with van der Waals surface area (Å²) in [4.78, 5) is 0. The van der Waals surface area contributed by atoms with Gasteiger partial charge in [0.1, 0.15) is 12.2 Å². The van der Waals surface area contributed by atoms with Gasteiger partial charge < -0.3 is 24.3 Å². The van der Waals surface area contributed by atoms with Crippen LogP contribution in [-0.2, 0) is 14.0 Å². The van der Waals surface area contributed by atoms with E-state index in [9.17, 15) is 10.2 Å². The number of hydrogen-bond acceptors (Lipinski definition) is 5. The van der Waals surface area contributed by atoms with E-state index >= 15 is 0 Å². The molecule has 5 nitrogen and oxygen atoms in total. The fourth-order valence-corrected chi connectivity index (χ4v) is 3.67. The first-order valence-corrected chi connectivity index (χ1v) is 9.54. The topological polar surface area (TPSA) is 68.2 Å². The summed E-state index contributed by atoms with van der Waals surface area (Å²) in [7, 11) is -0.416. The Bertz CT molecular complexity index is 612. The quantitative estimate of drug-likeness (QED) is 0.807. The zero-order valence-corrected chi connectivity index (χ0v) is 16.6. The molecule has 0 saturated carbocycles. The Hall–Kier alpha value is -0.915. The van der Waals surface area contributed by atoms with Gasteiger partial charge in [-0.25, -0.2) is 0 Å². The Morgan fingerprint density at radius 2 is 1.50 bits per heavy atom. The lowest BCUT2D eigenvalue weighted by Gasteiger charge is -2.41. The Morgan fingerprint density at radius 1 is 0.962 bits per heavy atom. The third-order valence-corrected chi connectivity index (χ3v) is 6.30. The van der Waals surface area contributed by atoms with Gasteiger partial charge in [0.25, 0.3) is 0 Å². The number of ether oxygens (including phenoxy) is 1. The molecule has 2 aliphatic heterocycles. The van der Waals surface area contributed by atoms with E-state index in [0.29, 0.717) is 0 Å². The summed E-state index contributed by atoms with van der Waals surface area (Å²) >= 11 is 0. The average Bonchev–Trinajstić information content (AvgIpc) is 2.81. The standard InChI is InChI=1S/C20H31BO5/c1-7-15-12(2)16(22)17(23)18(24-15)13-8-10-14(11-9-13)21-25-19(3,4)20(5,6)26-21/h8-12,15-18,22-23H,7H2,1-6H3/t12-,15-,16+,17-,18+/m1/s1. The fourth-order valence-electron chi connectivity index (χ4n) is 3.67. The predicted molar refractivity (Wildman–Crippen MR) is 101 cm³/mol. The van der Waals surface area contributed by atoms with Gasteiger partial charge in [0, 0.05) is 5.92 Å². The fraction of sp³-hybridized carbons (Fsp3) is 0.700. The highest BCUT2D eigenvalue weighted by Crippen LogP contribution is 2.38. The van der Waals surface area contributed by atoms with E-state index in [-0.39, 0.29) is 23.2 Å². The van der Waals surface area contributed by atoms with Crippen molar-refractivity contribution in [1.82, 2.24) is 0 Å². The minimum absolute atomic E-state index is 0.0684. The van der Waals surface area contributed by atoms with Crippen molar-refractivity contribution < 1.29 is 24.3 Å². The SMILES string of the molecule is CC[C@H]1O[C@@H](c2ccc(B3OC(C)(C)C(C)(C)O3)cc2)[C@H](O)[C@@H](O)[C@@H]1C. The van der Waals surface area contributed by atoms with Crippen molar-refractivity contribution in [3.05, 3.63) is 29.8 Å². The first-order valence-electron chi connectivity index (χ1n) is 9.54. The van der Waals surface area contributed by atoms with Crippen molar-refractivity contribution in [1.29, 1.82) is 0 Å². The molecule has 0 aliphatic carbocycles. The maximum atomic E-state index is 10.5. The average molecular weight is 362 g/mol. The van der Waals surface area contributed by atoms with E-state index in [4.69, 9.17) is 14.0 Å². The van der Waals surface area contributed by atoms with Gasteiger partial charge >= 0.3 is 7.12 Å². The molecule has 2 N–H and O–H groups in total. The highest BCUT2D eigenvalue weighted by atomic mass is 16.7. The number of aliphatic hydroxyl groups excluding tert-OH is 2. The van der Waals surface area contributed by atoms with Crippen molar-refractivity contribution >= 4 is 12.6 Å². The Balaban J connectivity index is 1.78. The first kappa shape index (κ1) is 19.8. The minimum atomic E-state index is -0.935. The van der Waals surface area contributed by atoms with Crippen LogP contribution < -0.4 is 5.46 Å². The molecule has 26 heavy (non-hydrogen) atoms. The summed E-state index contributed by atoms with van der Waals surface area (Å²) in [5.41, 5.74) is 1.02. The van der Waals surface area contributed by atoms with Crippen LogP contribution in [0.15, 0.2) is 24.3 Å². The maximum Gasteiger partial charge on any atom is 0.494 e. The Kier molecular flexibility index (Phi) is 5.28. The van der Waals surface area contributed by atoms with Crippen molar-refractivity contribution in [2.75, 3.05) is 0 Å². The van der Waals surface area contributed by atoms with Gasteiger partial charge in [0.05, 0.1) is 23.4 Å². The summed E-state index contributed by atoms with van der Waals surface area (Å²) in [6, 6.07) is 7.73. The lowest BCUT2D eigenvalue weighted by Crippen LogP contribution is -2.49. The van der Waals surface area contributed by atoms with Crippen LogP contribution in [0.3, 0.4) is 0 Å². The van der Waals surface area contributed by atoms with Crippen LogP contribution >= 0.6 is 0 Å². The molecule has 2 fully saturated rings. The van der Waals surface area contributed by atoms with Crippen LogP contribution in [0.1, 0.15) is 59.6 Å². The minimum Gasteiger partial charge on any atom is -0.399 e. The van der Waals surface area contributed by atoms with Crippen LogP contribution in [0.2, 0.25) is 0 Å². The molecule has 5 atom stereocenters. The van der Waals surface area contributed by atoms with Gasteiger partial charge in [-0.15, -0.1) is 0 Å². The van der Waals surface area contributed by atoms with E-state index in [1.54, 1.807) is 0 Å². The largest absolute Gasteiger partial charge is 0.494 e. The second-order valence-electron chi connectivity index (χ2n) is 8.60. The van der Waals surface area contributed by atoms with Crippen LogP contribution in [0, 0.1) is 5.92 Å². The smallest absolute Gasteiger partial charge is 0.399 e. The summed E-state index contributed by atoms with van der Waals surface area (Å²) in [5.74, 6) is -0.0877. The van der Waals surface area contributed by atoms with Crippen molar-refractivity contribution in [2.45, 2.75) is 83.6 Å². The molecule has 0 spiro atoms. The molecule has 0 amide bonds. The van der Waals surface area contributed by atoms with Gasteiger partial charge in [-0.1, -0.05) is 38.1 Å². The molecule has 1 aromatic rings. The summed E-state index contributed by atoms with van der Waals surface area (Å²) < 4.78 is 18.2. The van der Waals surface area contributed by atoms with Crippen LogP contribution in [0.5, 0.6) is 0 Å². The maximum absolute atomic E-state index is 10.5. The number of benzene rings is 1. The van der Waals surface area contributed by atoms with E-state index in [2.05, 4.69) is 0 Å². The number of rotatable bonds is 3. The highest BCUT2D eigenvalue weighted by molar-refractivity contribution is 6.62. The van der Waals surface area contributed by atoms with Gasteiger partial charge in [-0.05, 0) is 45.1 Å². The summed E-state index contributed by atoms with van der Waals surface area (Å²) in [6.07, 6.45) is -1.52. The monoisotopic (exact) mass is 362 g/mol. The van der Waals surface area contributed by atoms with Gasteiger partial charge in [0.2, 0.25) is 0 Å². The molecule has 2 aliphatic rings. The van der Waals surface area contributed by atoms with E-state index < -0.39 is 25.4 Å². The van der Waals surface area contributed by atoms with Crippen LogP contribution in [0.25, 0.3) is 0 Å². The zero-order valence-electron chi connectivity index (χ0n) is 16.6. The molecule has 2 heterocycles. The second-order valence-corrected chi connectivity index (χ2v) is 8.60. The molecular weight excluding hydrogens is 331 g/mol. The Labute approximate surface area is 156 Å².